The van der Waals surface area contributed by atoms with E-state index in [-0.39, 0.29) is 6.23 Å². The molecule has 0 saturated carbocycles. The maximum Gasteiger partial charge on any atom is 0.135 e. The van der Waals surface area contributed by atoms with Crippen molar-refractivity contribution < 1.29 is 9.94 Å². The number of hydrogen-bond acceptors (Lipinski definition) is 4. The summed E-state index contributed by atoms with van der Waals surface area (Å²) in [6, 6.07) is 5.89. The number of hydrogen-bond donors (Lipinski definition) is 1. The first-order valence-corrected chi connectivity index (χ1v) is 6.57. The van der Waals surface area contributed by atoms with Gasteiger partial charge in [0.05, 0.1) is 23.1 Å². The monoisotopic (exact) mass is 259 g/mol. The molecule has 100 valence electrons. The van der Waals surface area contributed by atoms with Gasteiger partial charge in [-0.15, -0.1) is 0 Å². The standard InChI is InChI=1S/C14H17N3O2/c1-10(16-18)11-5-4-6-12-14(11)15-9-17(12)13-7-2-3-8-19-13/h4-6,9,13,18H,2-3,7-8H2,1H3/b16-10+. The maximum atomic E-state index is 8.93. The van der Waals surface area contributed by atoms with Crippen LogP contribution in [0.1, 0.15) is 38.0 Å². The molecule has 0 aliphatic carbocycles. The third-order valence-electron chi connectivity index (χ3n) is 3.61. The van der Waals surface area contributed by atoms with Crippen molar-refractivity contribution >= 4 is 16.7 Å². The van der Waals surface area contributed by atoms with E-state index in [1.807, 2.05) is 24.5 Å². The third-order valence-corrected chi connectivity index (χ3v) is 3.61. The summed E-state index contributed by atoms with van der Waals surface area (Å²) < 4.78 is 7.87. The fourth-order valence-corrected chi connectivity index (χ4v) is 2.58. The Labute approximate surface area is 111 Å². The molecular weight excluding hydrogens is 242 g/mol. The summed E-state index contributed by atoms with van der Waals surface area (Å²) in [4.78, 5) is 4.45. The van der Waals surface area contributed by atoms with Gasteiger partial charge in [-0.25, -0.2) is 4.98 Å². The molecule has 0 radical (unpaired) electrons. The van der Waals surface area contributed by atoms with Crippen LogP contribution in [-0.2, 0) is 4.74 Å². The molecule has 1 N–H and O–H groups in total. The van der Waals surface area contributed by atoms with E-state index in [4.69, 9.17) is 9.94 Å². The van der Waals surface area contributed by atoms with Crippen LogP contribution in [0.25, 0.3) is 11.0 Å². The Kier molecular flexibility index (Phi) is 3.21. The minimum Gasteiger partial charge on any atom is -0.411 e. The molecule has 0 bridgehead atoms. The molecule has 1 fully saturated rings. The molecule has 1 aromatic carbocycles. The van der Waals surface area contributed by atoms with Gasteiger partial charge in [0.15, 0.2) is 0 Å². The number of imidazole rings is 1. The van der Waals surface area contributed by atoms with Crippen LogP contribution in [0.15, 0.2) is 29.7 Å². The van der Waals surface area contributed by atoms with Gasteiger partial charge in [-0.1, -0.05) is 17.3 Å². The number of nitrogens with zero attached hydrogens (tertiary/aromatic N) is 3. The summed E-state index contributed by atoms with van der Waals surface area (Å²) in [7, 11) is 0. The molecule has 2 heterocycles. The van der Waals surface area contributed by atoms with Gasteiger partial charge in [-0.2, -0.15) is 0 Å². The average molecular weight is 259 g/mol. The lowest BCUT2D eigenvalue weighted by Crippen LogP contribution is -2.17. The molecule has 2 aromatic rings. The number of oxime groups is 1. The van der Waals surface area contributed by atoms with Gasteiger partial charge in [-0.05, 0) is 32.3 Å². The Morgan fingerprint density at radius 1 is 1.47 bits per heavy atom. The molecule has 0 amide bonds. The molecule has 5 nitrogen and oxygen atoms in total. The van der Waals surface area contributed by atoms with Crippen LogP contribution in [0.2, 0.25) is 0 Å². The van der Waals surface area contributed by atoms with E-state index in [1.165, 1.54) is 6.42 Å². The van der Waals surface area contributed by atoms with Crippen LogP contribution < -0.4 is 0 Å². The van der Waals surface area contributed by atoms with E-state index in [9.17, 15) is 0 Å². The molecule has 1 saturated heterocycles. The fraction of sp³-hybridized carbons (Fsp3) is 0.429. The topological polar surface area (TPSA) is 59.6 Å². The fourth-order valence-electron chi connectivity index (χ4n) is 2.58. The smallest absolute Gasteiger partial charge is 0.135 e. The lowest BCUT2D eigenvalue weighted by molar-refractivity contribution is -0.0295. The average Bonchev–Trinajstić information content (AvgIpc) is 2.91. The van der Waals surface area contributed by atoms with Gasteiger partial charge in [0.1, 0.15) is 6.23 Å². The Bertz CT molecular complexity index is 612. The predicted octanol–water partition coefficient (Wildman–Crippen LogP) is 2.93. The SMILES string of the molecule is C/C(=N\O)c1cccc2c1ncn2C1CCCCO1. The molecular formula is C14H17N3O2. The van der Waals surface area contributed by atoms with Crippen LogP contribution in [0, 0.1) is 0 Å². The Morgan fingerprint density at radius 3 is 3.11 bits per heavy atom. The van der Waals surface area contributed by atoms with Crippen molar-refractivity contribution in [2.75, 3.05) is 6.61 Å². The lowest BCUT2D eigenvalue weighted by atomic mass is 10.1. The second kappa shape index (κ2) is 5.01. The normalized spacial score (nSPS) is 20.9. The van der Waals surface area contributed by atoms with Gasteiger partial charge in [0, 0.05) is 12.2 Å². The summed E-state index contributed by atoms with van der Waals surface area (Å²) in [6.45, 7) is 2.58. The van der Waals surface area contributed by atoms with Crippen molar-refractivity contribution in [2.45, 2.75) is 32.4 Å². The quantitative estimate of drug-likeness (QED) is 0.512. The summed E-state index contributed by atoms with van der Waals surface area (Å²) in [5.74, 6) is 0. The Balaban J connectivity index is 2.08. The van der Waals surface area contributed by atoms with Crippen molar-refractivity contribution in [1.29, 1.82) is 0 Å². The maximum absolute atomic E-state index is 8.93. The first kappa shape index (κ1) is 12.2. The largest absolute Gasteiger partial charge is 0.411 e. The summed E-state index contributed by atoms with van der Waals surface area (Å²) >= 11 is 0. The third kappa shape index (κ3) is 2.10. The molecule has 1 aromatic heterocycles. The van der Waals surface area contributed by atoms with Gasteiger partial charge in [-0.3, -0.25) is 0 Å². The van der Waals surface area contributed by atoms with E-state index in [2.05, 4.69) is 14.7 Å². The Hall–Kier alpha value is -1.88. The van der Waals surface area contributed by atoms with Crippen LogP contribution >= 0.6 is 0 Å². The number of fused-ring (bicyclic) bond motifs is 1. The van der Waals surface area contributed by atoms with E-state index in [0.717, 1.165) is 36.0 Å². The minimum atomic E-state index is 0.0698. The Morgan fingerprint density at radius 2 is 2.37 bits per heavy atom. The highest BCUT2D eigenvalue weighted by Gasteiger charge is 2.19. The van der Waals surface area contributed by atoms with Crippen LogP contribution in [0.4, 0.5) is 0 Å². The van der Waals surface area contributed by atoms with Gasteiger partial charge in [0.2, 0.25) is 0 Å². The van der Waals surface area contributed by atoms with Crippen LogP contribution in [0.5, 0.6) is 0 Å². The zero-order valence-corrected chi connectivity index (χ0v) is 10.9. The number of ether oxygens (including phenoxy) is 1. The predicted molar refractivity (Wildman–Crippen MR) is 72.6 cm³/mol. The molecule has 5 heteroatoms. The van der Waals surface area contributed by atoms with Crippen LogP contribution in [0.3, 0.4) is 0 Å². The molecule has 1 aliphatic heterocycles. The first-order valence-electron chi connectivity index (χ1n) is 6.57. The van der Waals surface area contributed by atoms with E-state index >= 15 is 0 Å². The highest BCUT2D eigenvalue weighted by atomic mass is 16.5. The number of aromatic nitrogens is 2. The van der Waals surface area contributed by atoms with E-state index in [1.54, 1.807) is 6.92 Å². The van der Waals surface area contributed by atoms with Crippen molar-refractivity contribution in [2.24, 2.45) is 5.16 Å². The number of para-hydroxylation sites is 1. The van der Waals surface area contributed by atoms with Crippen LogP contribution in [-0.4, -0.2) is 27.1 Å². The van der Waals surface area contributed by atoms with Crippen molar-refractivity contribution in [3.05, 3.63) is 30.1 Å². The molecule has 1 unspecified atom stereocenters. The van der Waals surface area contributed by atoms with E-state index < -0.39 is 0 Å². The highest BCUT2D eigenvalue weighted by molar-refractivity contribution is 6.07. The van der Waals surface area contributed by atoms with Gasteiger partial charge < -0.3 is 14.5 Å². The lowest BCUT2D eigenvalue weighted by Gasteiger charge is -2.24. The van der Waals surface area contributed by atoms with Gasteiger partial charge >= 0.3 is 0 Å². The highest BCUT2D eigenvalue weighted by Crippen LogP contribution is 2.27. The molecule has 0 spiro atoms. The zero-order chi connectivity index (χ0) is 13.2. The molecule has 3 rings (SSSR count). The molecule has 1 aliphatic rings. The minimum absolute atomic E-state index is 0.0698. The summed E-state index contributed by atoms with van der Waals surface area (Å²) in [5.41, 5.74) is 3.30. The second-order valence-electron chi connectivity index (χ2n) is 4.83. The number of rotatable bonds is 2. The summed E-state index contributed by atoms with van der Waals surface area (Å²) in [5, 5.41) is 12.2. The van der Waals surface area contributed by atoms with Gasteiger partial charge in [0.25, 0.3) is 0 Å². The van der Waals surface area contributed by atoms with Crippen molar-refractivity contribution in [1.82, 2.24) is 9.55 Å². The first-order chi connectivity index (χ1) is 9.31. The van der Waals surface area contributed by atoms with Crippen molar-refractivity contribution in [3.63, 3.8) is 0 Å². The van der Waals surface area contributed by atoms with Crippen molar-refractivity contribution in [3.8, 4) is 0 Å². The summed E-state index contributed by atoms with van der Waals surface area (Å²) in [6.07, 6.45) is 5.21. The molecule has 19 heavy (non-hydrogen) atoms. The van der Waals surface area contributed by atoms with E-state index in [0.29, 0.717) is 5.71 Å². The number of benzene rings is 1. The second-order valence-corrected chi connectivity index (χ2v) is 4.83. The molecule has 1 atom stereocenters. The zero-order valence-electron chi connectivity index (χ0n) is 10.9.